The average Bonchev–Trinajstić information content (AvgIpc) is 2.78. The van der Waals surface area contributed by atoms with Crippen LogP contribution in [0.5, 0.6) is 0 Å². The molecule has 0 N–H and O–H groups in total. The summed E-state index contributed by atoms with van der Waals surface area (Å²) in [7, 11) is 0. The molecule has 0 saturated heterocycles. The van der Waals surface area contributed by atoms with E-state index in [0.29, 0.717) is 33.9 Å². The van der Waals surface area contributed by atoms with Gasteiger partial charge in [-0.1, -0.05) is 36.4 Å². The maximum Gasteiger partial charge on any atom is 0.214 e. The topological polar surface area (TPSA) is 85.7 Å². The van der Waals surface area contributed by atoms with Crippen molar-refractivity contribution in [2.75, 3.05) is 0 Å². The molecule has 0 atom stereocenters. The van der Waals surface area contributed by atoms with Crippen molar-refractivity contribution in [3.63, 3.8) is 0 Å². The molecule has 1 aromatic carbocycles. The van der Waals surface area contributed by atoms with Gasteiger partial charge in [0.05, 0.1) is 11.4 Å². The fourth-order valence-electron chi connectivity index (χ4n) is 3.25. The third-order valence-electron chi connectivity index (χ3n) is 4.56. The first-order valence-corrected chi connectivity index (χ1v) is 8.67. The van der Waals surface area contributed by atoms with Gasteiger partial charge in [-0.3, -0.25) is 19.6 Å². The molecule has 0 fully saturated rings. The Balaban J connectivity index is 1.82. The predicted octanol–water partition coefficient (Wildman–Crippen LogP) is 3.38. The van der Waals surface area contributed by atoms with Crippen LogP contribution in [0.3, 0.4) is 0 Å². The van der Waals surface area contributed by atoms with Crippen molar-refractivity contribution in [2.45, 2.75) is 0 Å². The van der Waals surface area contributed by atoms with Crippen molar-refractivity contribution in [1.82, 2.24) is 19.9 Å². The zero-order chi connectivity index (χ0) is 19.1. The van der Waals surface area contributed by atoms with Crippen molar-refractivity contribution < 1.29 is 9.59 Å². The molecule has 0 saturated carbocycles. The summed E-state index contributed by atoms with van der Waals surface area (Å²) >= 11 is 0. The third kappa shape index (κ3) is 2.43. The number of benzene rings is 1. The van der Waals surface area contributed by atoms with Crippen molar-refractivity contribution in [2.24, 2.45) is 0 Å². The standard InChI is InChI=1S/C22H12N4O2/c27-21-13-7-1-2-8-14(13)22(28)20-19(21)25-17(15-9-3-5-11-23-15)18(26-20)16-10-4-6-12-24-16/h1-12H. The average molecular weight is 364 g/mol. The summed E-state index contributed by atoms with van der Waals surface area (Å²) in [6.45, 7) is 0. The van der Waals surface area contributed by atoms with Crippen LogP contribution < -0.4 is 0 Å². The van der Waals surface area contributed by atoms with Crippen LogP contribution in [0, 0.1) is 0 Å². The van der Waals surface area contributed by atoms with E-state index in [4.69, 9.17) is 0 Å². The van der Waals surface area contributed by atoms with Gasteiger partial charge >= 0.3 is 0 Å². The Morgan fingerprint density at radius 3 is 1.32 bits per heavy atom. The van der Waals surface area contributed by atoms with Crippen LogP contribution in [0.25, 0.3) is 22.8 Å². The molecule has 0 spiro atoms. The van der Waals surface area contributed by atoms with E-state index < -0.39 is 0 Å². The van der Waals surface area contributed by atoms with Crippen LogP contribution in [-0.2, 0) is 0 Å². The van der Waals surface area contributed by atoms with E-state index in [1.54, 1.807) is 60.9 Å². The molecule has 3 aromatic heterocycles. The molecular weight excluding hydrogens is 352 g/mol. The van der Waals surface area contributed by atoms with Crippen LogP contribution in [0.15, 0.2) is 73.1 Å². The van der Waals surface area contributed by atoms with Gasteiger partial charge < -0.3 is 0 Å². The summed E-state index contributed by atoms with van der Waals surface area (Å²) in [5.74, 6) is -0.634. The number of ketones is 2. The zero-order valence-electron chi connectivity index (χ0n) is 14.5. The van der Waals surface area contributed by atoms with E-state index in [9.17, 15) is 9.59 Å². The van der Waals surface area contributed by atoms with Crippen molar-refractivity contribution in [3.8, 4) is 22.8 Å². The van der Waals surface area contributed by atoms with Crippen molar-refractivity contribution in [3.05, 3.63) is 95.6 Å². The second-order valence-corrected chi connectivity index (χ2v) is 6.25. The molecule has 6 nitrogen and oxygen atoms in total. The van der Waals surface area contributed by atoms with Gasteiger partial charge in [-0.25, -0.2) is 9.97 Å². The van der Waals surface area contributed by atoms with E-state index in [1.165, 1.54) is 0 Å². The monoisotopic (exact) mass is 364 g/mol. The Labute approximate surface area is 160 Å². The molecular formula is C22H12N4O2. The van der Waals surface area contributed by atoms with Crippen LogP contribution in [-0.4, -0.2) is 31.5 Å². The smallest absolute Gasteiger partial charge is 0.214 e. The molecule has 0 amide bonds. The predicted molar refractivity (Wildman–Crippen MR) is 102 cm³/mol. The lowest BCUT2D eigenvalue weighted by Gasteiger charge is -2.18. The number of fused-ring (bicyclic) bond motifs is 2. The minimum Gasteiger partial charge on any atom is -0.287 e. The summed E-state index contributed by atoms with van der Waals surface area (Å²) in [4.78, 5) is 43.8. The molecule has 132 valence electrons. The number of carbonyl (C=O) groups is 2. The minimum atomic E-state index is -0.317. The molecule has 0 unspecified atom stereocenters. The van der Waals surface area contributed by atoms with Gasteiger partial charge in [0.25, 0.3) is 0 Å². The van der Waals surface area contributed by atoms with Crippen molar-refractivity contribution >= 4 is 11.6 Å². The Bertz CT molecular complexity index is 1140. The van der Waals surface area contributed by atoms with Crippen LogP contribution in [0.1, 0.15) is 32.1 Å². The largest absolute Gasteiger partial charge is 0.287 e. The first kappa shape index (κ1) is 16.1. The van der Waals surface area contributed by atoms with Crippen LogP contribution in [0.2, 0.25) is 0 Å². The third-order valence-corrected chi connectivity index (χ3v) is 4.56. The molecule has 4 aromatic rings. The van der Waals surface area contributed by atoms with E-state index in [-0.39, 0.29) is 23.0 Å². The Morgan fingerprint density at radius 2 is 0.929 bits per heavy atom. The summed E-state index contributed by atoms with van der Waals surface area (Å²) in [6, 6.07) is 17.5. The van der Waals surface area contributed by atoms with Gasteiger partial charge in [0, 0.05) is 23.5 Å². The summed E-state index contributed by atoms with van der Waals surface area (Å²) in [5.41, 5.74) is 2.71. The quantitative estimate of drug-likeness (QED) is 0.477. The molecule has 28 heavy (non-hydrogen) atoms. The van der Waals surface area contributed by atoms with Gasteiger partial charge in [0.1, 0.15) is 22.8 Å². The second-order valence-electron chi connectivity index (χ2n) is 6.25. The van der Waals surface area contributed by atoms with Gasteiger partial charge in [0.2, 0.25) is 11.6 Å². The maximum absolute atomic E-state index is 13.0. The fourth-order valence-corrected chi connectivity index (χ4v) is 3.25. The van der Waals surface area contributed by atoms with E-state index >= 15 is 0 Å². The van der Waals surface area contributed by atoms with Gasteiger partial charge in [-0.05, 0) is 24.3 Å². The molecule has 0 bridgehead atoms. The highest BCUT2D eigenvalue weighted by molar-refractivity contribution is 6.27. The lowest BCUT2D eigenvalue weighted by Crippen LogP contribution is -2.24. The van der Waals surface area contributed by atoms with Crippen molar-refractivity contribution in [1.29, 1.82) is 0 Å². The number of rotatable bonds is 2. The molecule has 1 aliphatic rings. The number of aromatic nitrogens is 4. The highest BCUT2D eigenvalue weighted by Gasteiger charge is 2.34. The molecule has 1 aliphatic carbocycles. The highest BCUT2D eigenvalue weighted by Crippen LogP contribution is 2.32. The molecule has 3 heterocycles. The number of hydrogen-bond donors (Lipinski definition) is 0. The highest BCUT2D eigenvalue weighted by atomic mass is 16.1. The lowest BCUT2D eigenvalue weighted by molar-refractivity contribution is 0.0971. The summed E-state index contributed by atoms with van der Waals surface area (Å²) < 4.78 is 0. The number of pyridine rings is 2. The SMILES string of the molecule is O=C1c2ccccc2C(=O)c2nc(-c3ccccn3)c(-c3ccccn3)nc21. The number of hydrogen-bond acceptors (Lipinski definition) is 6. The first-order valence-electron chi connectivity index (χ1n) is 8.67. The number of carbonyl (C=O) groups excluding carboxylic acids is 2. The van der Waals surface area contributed by atoms with Crippen LogP contribution in [0.4, 0.5) is 0 Å². The van der Waals surface area contributed by atoms with Gasteiger partial charge in [-0.15, -0.1) is 0 Å². The minimum absolute atomic E-state index is 0.0454. The normalized spacial score (nSPS) is 12.4. The number of nitrogens with zero attached hydrogens (tertiary/aromatic N) is 4. The Kier molecular flexibility index (Phi) is 3.62. The Hall–Kier alpha value is -4.06. The zero-order valence-corrected chi connectivity index (χ0v) is 14.5. The molecule has 0 aliphatic heterocycles. The fraction of sp³-hybridized carbons (Fsp3) is 0. The summed E-state index contributed by atoms with van der Waals surface area (Å²) in [6.07, 6.45) is 3.28. The van der Waals surface area contributed by atoms with Crippen LogP contribution >= 0.6 is 0 Å². The molecule has 6 heteroatoms. The van der Waals surface area contributed by atoms with E-state index in [0.717, 1.165) is 0 Å². The lowest BCUT2D eigenvalue weighted by atomic mass is 9.89. The maximum atomic E-state index is 13.0. The first-order chi connectivity index (χ1) is 13.7. The van der Waals surface area contributed by atoms with Gasteiger partial charge in [0.15, 0.2) is 0 Å². The van der Waals surface area contributed by atoms with Gasteiger partial charge in [-0.2, -0.15) is 0 Å². The Morgan fingerprint density at radius 1 is 0.500 bits per heavy atom. The summed E-state index contributed by atoms with van der Waals surface area (Å²) in [5, 5.41) is 0. The van der Waals surface area contributed by atoms with E-state index in [1.807, 2.05) is 12.1 Å². The molecule has 5 rings (SSSR count). The second kappa shape index (κ2) is 6.28. The van der Waals surface area contributed by atoms with E-state index in [2.05, 4.69) is 19.9 Å². The molecule has 0 radical (unpaired) electrons.